The monoisotopic (exact) mass is 313 g/mol. The number of nitro benzene ring substituents is 1. The van der Waals surface area contributed by atoms with Crippen molar-refractivity contribution in [1.29, 1.82) is 0 Å². The van der Waals surface area contributed by atoms with Crippen molar-refractivity contribution in [2.45, 2.75) is 13.3 Å². The van der Waals surface area contributed by atoms with Crippen LogP contribution in [0.3, 0.4) is 0 Å². The molecular weight excluding hydrogens is 298 g/mol. The minimum absolute atomic E-state index is 0.0673. The molecule has 0 aliphatic heterocycles. The fourth-order valence-corrected chi connectivity index (χ4v) is 1.99. The predicted molar refractivity (Wildman–Crippen MR) is 85.5 cm³/mol. The van der Waals surface area contributed by atoms with E-state index in [1.165, 1.54) is 30.3 Å². The summed E-state index contributed by atoms with van der Waals surface area (Å²) in [6.07, 6.45) is 0.493. The van der Waals surface area contributed by atoms with Crippen LogP contribution >= 0.6 is 0 Å². The lowest BCUT2D eigenvalue weighted by molar-refractivity contribution is -0.384. The number of phenols is 1. The molecule has 0 aromatic heterocycles. The van der Waals surface area contributed by atoms with Crippen LogP contribution in [0.5, 0.6) is 5.75 Å². The second-order valence-corrected chi connectivity index (χ2v) is 4.68. The molecule has 118 valence electrons. The number of hydrogen-bond acceptors (Lipinski definition) is 5. The third-order valence-corrected chi connectivity index (χ3v) is 3.16. The van der Waals surface area contributed by atoms with Gasteiger partial charge in [-0.05, 0) is 24.6 Å². The molecule has 0 unspecified atom stereocenters. The van der Waals surface area contributed by atoms with Gasteiger partial charge in [-0.15, -0.1) is 0 Å². The first kappa shape index (κ1) is 16.2. The van der Waals surface area contributed by atoms with Crippen LogP contribution in [0, 0.1) is 10.1 Å². The minimum atomic E-state index is -0.570. The lowest BCUT2D eigenvalue weighted by Crippen LogP contribution is -2.20. The van der Waals surface area contributed by atoms with E-state index in [1.807, 2.05) is 6.92 Å². The highest BCUT2D eigenvalue weighted by Gasteiger charge is 2.12. The predicted octanol–water partition coefficient (Wildman–Crippen LogP) is 2.84. The van der Waals surface area contributed by atoms with E-state index in [4.69, 9.17) is 0 Å². The summed E-state index contributed by atoms with van der Waals surface area (Å²) in [5.74, 6) is -0.493. The summed E-state index contributed by atoms with van der Waals surface area (Å²) in [6.45, 7) is 1.84. The van der Waals surface area contributed by atoms with Gasteiger partial charge >= 0.3 is 0 Å². The van der Waals surface area contributed by atoms with Gasteiger partial charge < -0.3 is 5.11 Å². The van der Waals surface area contributed by atoms with Gasteiger partial charge in [-0.25, -0.2) is 5.43 Å². The zero-order valence-electron chi connectivity index (χ0n) is 12.4. The molecule has 0 atom stereocenters. The quantitative estimate of drug-likeness (QED) is 0.503. The normalized spacial score (nSPS) is 11.1. The largest absolute Gasteiger partial charge is 0.507 e. The maximum atomic E-state index is 12.1. The summed E-state index contributed by atoms with van der Waals surface area (Å²) in [6, 6.07) is 12.0. The molecule has 7 heteroatoms. The van der Waals surface area contributed by atoms with Gasteiger partial charge in [0.15, 0.2) is 0 Å². The van der Waals surface area contributed by atoms with Gasteiger partial charge in [-0.2, -0.15) is 5.10 Å². The van der Waals surface area contributed by atoms with Gasteiger partial charge in [0.25, 0.3) is 11.6 Å². The van der Waals surface area contributed by atoms with Gasteiger partial charge in [-0.3, -0.25) is 14.9 Å². The van der Waals surface area contributed by atoms with E-state index in [9.17, 15) is 20.0 Å². The summed E-state index contributed by atoms with van der Waals surface area (Å²) >= 11 is 0. The number of hydrogen-bond donors (Lipinski definition) is 2. The number of nitrogens with zero attached hydrogens (tertiary/aromatic N) is 2. The van der Waals surface area contributed by atoms with Crippen LogP contribution in [0.15, 0.2) is 53.6 Å². The molecule has 23 heavy (non-hydrogen) atoms. The summed E-state index contributed by atoms with van der Waals surface area (Å²) in [5, 5.41) is 24.6. The van der Waals surface area contributed by atoms with E-state index in [1.54, 1.807) is 18.2 Å². The van der Waals surface area contributed by atoms with Crippen LogP contribution in [-0.2, 0) is 0 Å². The van der Waals surface area contributed by atoms with Gasteiger partial charge in [0.2, 0.25) is 0 Å². The number of aromatic hydroxyl groups is 1. The molecule has 2 aromatic rings. The Morgan fingerprint density at radius 3 is 2.65 bits per heavy atom. The van der Waals surface area contributed by atoms with Crippen LogP contribution in [0.25, 0.3) is 0 Å². The number of nitrogens with one attached hydrogen (secondary N) is 1. The van der Waals surface area contributed by atoms with Crippen molar-refractivity contribution in [2.24, 2.45) is 5.10 Å². The molecule has 0 radical (unpaired) electrons. The average molecular weight is 313 g/mol. The summed E-state index contributed by atoms with van der Waals surface area (Å²) < 4.78 is 0. The fourth-order valence-electron chi connectivity index (χ4n) is 1.99. The van der Waals surface area contributed by atoms with Crippen LogP contribution in [0.1, 0.15) is 29.3 Å². The highest BCUT2D eigenvalue weighted by atomic mass is 16.6. The minimum Gasteiger partial charge on any atom is -0.507 e. The molecule has 7 nitrogen and oxygen atoms in total. The van der Waals surface area contributed by atoms with Crippen molar-refractivity contribution < 1.29 is 14.8 Å². The molecular formula is C16H15N3O4. The first-order chi connectivity index (χ1) is 11.0. The van der Waals surface area contributed by atoms with Crippen molar-refractivity contribution in [2.75, 3.05) is 0 Å². The van der Waals surface area contributed by atoms with E-state index in [0.717, 1.165) is 0 Å². The first-order valence-electron chi connectivity index (χ1n) is 6.92. The summed E-state index contributed by atoms with van der Waals surface area (Å²) in [7, 11) is 0. The van der Waals surface area contributed by atoms with Crippen LogP contribution in [0.4, 0.5) is 5.69 Å². The highest BCUT2D eigenvalue weighted by molar-refractivity contribution is 6.04. The van der Waals surface area contributed by atoms with Gasteiger partial charge in [0.1, 0.15) is 5.75 Å². The van der Waals surface area contributed by atoms with E-state index in [-0.39, 0.29) is 17.0 Å². The Morgan fingerprint density at radius 2 is 2.00 bits per heavy atom. The molecule has 0 saturated carbocycles. The Bertz CT molecular complexity index is 771. The second-order valence-electron chi connectivity index (χ2n) is 4.68. The number of carbonyl (C=O) groups excluding carboxylic acids is 1. The average Bonchev–Trinajstić information content (AvgIpc) is 2.56. The molecule has 0 heterocycles. The van der Waals surface area contributed by atoms with Crippen molar-refractivity contribution in [1.82, 2.24) is 5.43 Å². The molecule has 0 aliphatic rings. The van der Waals surface area contributed by atoms with Crippen molar-refractivity contribution in [3.63, 3.8) is 0 Å². The third-order valence-electron chi connectivity index (χ3n) is 3.16. The highest BCUT2D eigenvalue weighted by Crippen LogP contribution is 2.18. The Morgan fingerprint density at radius 1 is 1.26 bits per heavy atom. The van der Waals surface area contributed by atoms with Crippen molar-refractivity contribution in [3.8, 4) is 5.75 Å². The Labute approximate surface area is 132 Å². The number of carbonyl (C=O) groups is 1. The van der Waals surface area contributed by atoms with Crippen LogP contribution < -0.4 is 5.43 Å². The standard InChI is InChI=1S/C16H15N3O4/c1-2-14(13-8-3-4-9-15(13)20)17-18-16(21)11-6-5-7-12(10-11)19(22)23/h3-10,20H,2H2,1H3,(H,18,21)/b17-14+. The van der Waals surface area contributed by atoms with Gasteiger partial charge in [-0.1, -0.05) is 25.1 Å². The second kappa shape index (κ2) is 7.17. The lowest BCUT2D eigenvalue weighted by Gasteiger charge is -2.07. The van der Waals surface area contributed by atoms with Gasteiger partial charge in [0.05, 0.1) is 10.6 Å². The van der Waals surface area contributed by atoms with Crippen LogP contribution in [-0.4, -0.2) is 21.6 Å². The molecule has 2 N–H and O–H groups in total. The Balaban J connectivity index is 2.21. The number of non-ortho nitro benzene ring substituents is 1. The Hall–Kier alpha value is -3.22. The SMILES string of the molecule is CC/C(=N\NC(=O)c1cccc([N+](=O)[O-])c1)c1ccccc1O. The maximum Gasteiger partial charge on any atom is 0.271 e. The van der Waals surface area contributed by atoms with Gasteiger partial charge in [0, 0.05) is 23.3 Å². The fraction of sp³-hybridized carbons (Fsp3) is 0.125. The zero-order valence-corrected chi connectivity index (χ0v) is 12.4. The maximum absolute atomic E-state index is 12.1. The smallest absolute Gasteiger partial charge is 0.271 e. The van der Waals surface area contributed by atoms with Crippen molar-refractivity contribution in [3.05, 3.63) is 69.8 Å². The van der Waals surface area contributed by atoms with E-state index >= 15 is 0 Å². The molecule has 0 aliphatic carbocycles. The molecule has 1 amide bonds. The van der Waals surface area contributed by atoms with Crippen molar-refractivity contribution >= 4 is 17.3 Å². The summed E-state index contributed by atoms with van der Waals surface area (Å²) in [4.78, 5) is 22.2. The number of hydrazone groups is 1. The first-order valence-corrected chi connectivity index (χ1v) is 6.92. The molecule has 2 aromatic carbocycles. The molecule has 0 saturated heterocycles. The van der Waals surface area contributed by atoms with E-state index in [2.05, 4.69) is 10.5 Å². The number of amides is 1. The summed E-state index contributed by atoms with van der Waals surface area (Å²) in [5.41, 5.74) is 3.35. The number of para-hydroxylation sites is 1. The topological polar surface area (TPSA) is 105 Å². The number of phenolic OH excluding ortho intramolecular Hbond substituents is 1. The Kier molecular flexibility index (Phi) is 5.03. The zero-order chi connectivity index (χ0) is 16.8. The van der Waals surface area contributed by atoms with E-state index in [0.29, 0.717) is 17.7 Å². The third kappa shape index (κ3) is 3.91. The van der Waals surface area contributed by atoms with E-state index < -0.39 is 10.8 Å². The number of rotatable bonds is 5. The van der Waals surface area contributed by atoms with Crippen LogP contribution in [0.2, 0.25) is 0 Å². The molecule has 0 spiro atoms. The number of nitro groups is 1. The lowest BCUT2D eigenvalue weighted by atomic mass is 10.1. The molecule has 0 bridgehead atoms. The molecule has 2 rings (SSSR count). The molecule has 0 fully saturated rings. The number of benzene rings is 2.